The lowest BCUT2D eigenvalue weighted by Crippen LogP contribution is -2.22. The second-order valence-electron chi connectivity index (χ2n) is 4.29. The van der Waals surface area contributed by atoms with E-state index in [2.05, 4.69) is 35.2 Å². The predicted octanol–water partition coefficient (Wildman–Crippen LogP) is 3.13. The summed E-state index contributed by atoms with van der Waals surface area (Å²) in [5.74, 6) is 0. The van der Waals surface area contributed by atoms with E-state index < -0.39 is 0 Å². The second kappa shape index (κ2) is 6.52. The van der Waals surface area contributed by atoms with Crippen molar-refractivity contribution in [3.63, 3.8) is 0 Å². The normalized spacial score (nSPS) is 10.8. The molecule has 0 aromatic carbocycles. The topological polar surface area (TPSA) is 37.8 Å². The highest BCUT2D eigenvalue weighted by Gasteiger charge is 2.05. The van der Waals surface area contributed by atoms with Crippen LogP contribution in [0.5, 0.6) is 0 Å². The van der Waals surface area contributed by atoms with Crippen LogP contribution in [0, 0.1) is 0 Å². The molecule has 0 aliphatic carbocycles. The van der Waals surface area contributed by atoms with E-state index in [9.17, 15) is 0 Å². The van der Waals surface area contributed by atoms with Crippen LogP contribution in [0.15, 0.2) is 52.8 Å². The van der Waals surface area contributed by atoms with Gasteiger partial charge in [-0.25, -0.2) is 4.98 Å². The molecule has 18 heavy (non-hydrogen) atoms. The lowest BCUT2D eigenvalue weighted by molar-refractivity contribution is 0.582. The zero-order chi connectivity index (χ0) is 12.8. The molecule has 0 saturated carbocycles. The Kier molecular flexibility index (Phi) is 4.73. The van der Waals surface area contributed by atoms with Gasteiger partial charge in [-0.1, -0.05) is 31.7 Å². The van der Waals surface area contributed by atoms with Crippen LogP contribution in [0.2, 0.25) is 0 Å². The molecule has 2 heterocycles. The summed E-state index contributed by atoms with van der Waals surface area (Å²) < 4.78 is 0. The molecule has 0 spiro atoms. The van der Waals surface area contributed by atoms with Gasteiger partial charge in [-0.15, -0.1) is 0 Å². The highest BCUT2D eigenvalue weighted by molar-refractivity contribution is 7.99. The van der Waals surface area contributed by atoms with Gasteiger partial charge >= 0.3 is 0 Å². The fourth-order valence-electron chi connectivity index (χ4n) is 1.48. The summed E-state index contributed by atoms with van der Waals surface area (Å²) in [6.45, 7) is 5.14. The van der Waals surface area contributed by atoms with Crippen LogP contribution in [0.4, 0.5) is 0 Å². The molecular weight excluding hydrogens is 242 g/mol. The van der Waals surface area contributed by atoms with Gasteiger partial charge in [0, 0.05) is 36.1 Å². The third-order valence-electron chi connectivity index (χ3n) is 2.41. The van der Waals surface area contributed by atoms with Crippen molar-refractivity contribution < 1.29 is 0 Å². The maximum atomic E-state index is 4.45. The highest BCUT2D eigenvalue weighted by Crippen LogP contribution is 2.27. The van der Waals surface area contributed by atoms with Crippen molar-refractivity contribution in [1.82, 2.24) is 15.3 Å². The number of rotatable bonds is 5. The van der Waals surface area contributed by atoms with Crippen molar-refractivity contribution >= 4 is 11.8 Å². The van der Waals surface area contributed by atoms with Gasteiger partial charge in [0.2, 0.25) is 0 Å². The molecular formula is C14H17N3S. The van der Waals surface area contributed by atoms with Gasteiger partial charge in [0.1, 0.15) is 5.03 Å². The fourth-order valence-corrected chi connectivity index (χ4v) is 2.35. The van der Waals surface area contributed by atoms with Crippen LogP contribution in [0.1, 0.15) is 19.4 Å². The van der Waals surface area contributed by atoms with Crippen LogP contribution < -0.4 is 5.32 Å². The summed E-state index contributed by atoms with van der Waals surface area (Å²) in [6, 6.07) is 8.57. The number of hydrogen-bond acceptors (Lipinski definition) is 4. The largest absolute Gasteiger partial charge is 0.310 e. The van der Waals surface area contributed by atoms with Crippen LogP contribution >= 0.6 is 11.8 Å². The summed E-state index contributed by atoms with van der Waals surface area (Å²) >= 11 is 1.67. The van der Waals surface area contributed by atoms with Crippen molar-refractivity contribution in [2.75, 3.05) is 0 Å². The summed E-state index contributed by atoms with van der Waals surface area (Å²) in [7, 11) is 0. The Morgan fingerprint density at radius 3 is 2.67 bits per heavy atom. The molecule has 0 saturated heterocycles. The molecule has 0 unspecified atom stereocenters. The molecule has 0 radical (unpaired) electrons. The van der Waals surface area contributed by atoms with Gasteiger partial charge in [0.15, 0.2) is 0 Å². The van der Waals surface area contributed by atoms with E-state index in [-0.39, 0.29) is 0 Å². The summed E-state index contributed by atoms with van der Waals surface area (Å²) in [6.07, 6.45) is 5.44. The van der Waals surface area contributed by atoms with Gasteiger partial charge in [0.05, 0.1) is 0 Å². The van der Waals surface area contributed by atoms with Crippen LogP contribution in [0.3, 0.4) is 0 Å². The minimum Gasteiger partial charge on any atom is -0.310 e. The smallest absolute Gasteiger partial charge is 0.105 e. The van der Waals surface area contributed by atoms with Crippen LogP contribution in [-0.4, -0.2) is 16.0 Å². The molecule has 2 aromatic rings. The van der Waals surface area contributed by atoms with Crippen LogP contribution in [-0.2, 0) is 6.54 Å². The molecule has 1 N–H and O–H groups in total. The van der Waals surface area contributed by atoms with Crippen molar-refractivity contribution in [3.8, 4) is 0 Å². The van der Waals surface area contributed by atoms with E-state index in [0.29, 0.717) is 6.04 Å². The molecule has 0 aliphatic rings. The molecule has 2 aromatic heterocycles. The average Bonchev–Trinajstić information content (AvgIpc) is 2.39. The average molecular weight is 259 g/mol. The second-order valence-corrected chi connectivity index (χ2v) is 5.35. The first kappa shape index (κ1) is 13.1. The predicted molar refractivity (Wildman–Crippen MR) is 74.6 cm³/mol. The van der Waals surface area contributed by atoms with E-state index in [0.717, 1.165) is 16.5 Å². The highest BCUT2D eigenvalue weighted by atomic mass is 32.2. The maximum absolute atomic E-state index is 4.45. The molecule has 0 atom stereocenters. The van der Waals surface area contributed by atoms with Crippen molar-refractivity contribution in [1.29, 1.82) is 0 Å². The first-order valence-corrected chi connectivity index (χ1v) is 6.82. The Balaban J connectivity index is 2.12. The minimum absolute atomic E-state index is 0.476. The van der Waals surface area contributed by atoms with E-state index in [1.807, 2.05) is 24.4 Å². The van der Waals surface area contributed by atoms with Crippen molar-refractivity contribution in [2.45, 2.75) is 36.4 Å². The van der Waals surface area contributed by atoms with Gasteiger partial charge in [-0.2, -0.15) is 0 Å². The van der Waals surface area contributed by atoms with E-state index >= 15 is 0 Å². The zero-order valence-electron chi connectivity index (χ0n) is 10.6. The number of nitrogens with zero attached hydrogens (tertiary/aromatic N) is 2. The van der Waals surface area contributed by atoms with Crippen LogP contribution in [0.25, 0.3) is 0 Å². The summed E-state index contributed by atoms with van der Waals surface area (Å²) in [4.78, 5) is 9.64. The first-order chi connectivity index (χ1) is 8.75. The first-order valence-electron chi connectivity index (χ1n) is 6.01. The summed E-state index contributed by atoms with van der Waals surface area (Å²) in [5, 5.41) is 4.47. The monoisotopic (exact) mass is 259 g/mol. The fraction of sp³-hybridized carbons (Fsp3) is 0.286. The van der Waals surface area contributed by atoms with E-state index in [1.54, 1.807) is 24.2 Å². The number of pyridine rings is 2. The van der Waals surface area contributed by atoms with Gasteiger partial charge in [-0.05, 0) is 23.8 Å². The lowest BCUT2D eigenvalue weighted by Gasteiger charge is -2.11. The Labute approximate surface area is 112 Å². The van der Waals surface area contributed by atoms with Crippen molar-refractivity contribution in [3.05, 3.63) is 48.4 Å². The SMILES string of the molecule is CC(C)NCc1cccnc1Sc1ccncc1. The number of nitrogens with one attached hydrogen (secondary N) is 1. The molecule has 0 fully saturated rings. The van der Waals surface area contributed by atoms with Gasteiger partial charge < -0.3 is 5.32 Å². The van der Waals surface area contributed by atoms with Crippen molar-refractivity contribution in [2.24, 2.45) is 0 Å². The molecule has 0 bridgehead atoms. The Bertz CT molecular complexity index is 485. The molecule has 3 nitrogen and oxygen atoms in total. The quantitative estimate of drug-likeness (QED) is 0.895. The third-order valence-corrected chi connectivity index (χ3v) is 3.48. The zero-order valence-corrected chi connectivity index (χ0v) is 11.4. The Morgan fingerprint density at radius 1 is 1.17 bits per heavy atom. The number of aromatic nitrogens is 2. The summed E-state index contributed by atoms with van der Waals surface area (Å²) in [5.41, 5.74) is 1.23. The van der Waals surface area contributed by atoms with Gasteiger partial charge in [0.25, 0.3) is 0 Å². The Hall–Kier alpha value is -1.39. The minimum atomic E-state index is 0.476. The molecule has 0 amide bonds. The molecule has 2 rings (SSSR count). The van der Waals surface area contributed by atoms with E-state index in [4.69, 9.17) is 0 Å². The number of hydrogen-bond donors (Lipinski definition) is 1. The molecule has 94 valence electrons. The lowest BCUT2D eigenvalue weighted by atomic mass is 10.2. The van der Waals surface area contributed by atoms with E-state index in [1.165, 1.54) is 5.56 Å². The maximum Gasteiger partial charge on any atom is 0.105 e. The third kappa shape index (κ3) is 3.82. The standard InChI is InChI=1S/C14H17N3S/c1-11(2)17-10-12-4-3-7-16-14(12)18-13-5-8-15-9-6-13/h3-9,11,17H,10H2,1-2H3. The molecule has 4 heteroatoms. The Morgan fingerprint density at radius 2 is 1.94 bits per heavy atom. The van der Waals surface area contributed by atoms with Gasteiger partial charge in [-0.3, -0.25) is 4.98 Å². The molecule has 0 aliphatic heterocycles.